The van der Waals surface area contributed by atoms with Gasteiger partial charge in [-0.1, -0.05) is 33.1 Å². The van der Waals surface area contributed by atoms with E-state index >= 15 is 0 Å². The van der Waals surface area contributed by atoms with Crippen molar-refractivity contribution in [2.45, 2.75) is 78.1 Å². The smallest absolute Gasteiger partial charge is 0.222 e. The van der Waals surface area contributed by atoms with Gasteiger partial charge in [0.25, 0.3) is 0 Å². The lowest BCUT2D eigenvalue weighted by Crippen LogP contribution is -2.50. The zero-order chi connectivity index (χ0) is 23.0. The van der Waals surface area contributed by atoms with Crippen LogP contribution in [-0.2, 0) is 9.59 Å². The van der Waals surface area contributed by atoms with Crippen molar-refractivity contribution in [1.82, 2.24) is 20.0 Å². The van der Waals surface area contributed by atoms with Gasteiger partial charge in [-0.2, -0.15) is 0 Å². The lowest BCUT2D eigenvalue weighted by atomic mass is 9.86. The second-order valence-corrected chi connectivity index (χ2v) is 10.5. The largest absolute Gasteiger partial charge is 0.356 e. The quantitative estimate of drug-likeness (QED) is 0.353. The fourth-order valence-corrected chi connectivity index (χ4v) is 5.60. The SMILES string of the molecule is CN=C(NCCCCCC(=O)N1CCN(C(=O)CC(C)C)CC1)N1CCC2(CCCC2)C1. The molecule has 0 atom stereocenters. The molecule has 0 aromatic rings. The van der Waals surface area contributed by atoms with Gasteiger partial charge in [0.1, 0.15) is 0 Å². The molecule has 0 aromatic heterocycles. The molecule has 0 bridgehead atoms. The van der Waals surface area contributed by atoms with E-state index in [1.807, 2.05) is 16.8 Å². The first-order chi connectivity index (χ1) is 15.4. The molecular weight excluding hydrogens is 402 g/mol. The minimum Gasteiger partial charge on any atom is -0.356 e. The topological polar surface area (TPSA) is 68.2 Å². The molecule has 7 nitrogen and oxygen atoms in total. The third-order valence-electron chi connectivity index (χ3n) is 7.53. The Hall–Kier alpha value is -1.79. The Bertz CT molecular complexity index is 649. The molecule has 2 aliphatic heterocycles. The monoisotopic (exact) mass is 447 g/mol. The van der Waals surface area contributed by atoms with E-state index < -0.39 is 0 Å². The van der Waals surface area contributed by atoms with Crippen molar-refractivity contribution >= 4 is 17.8 Å². The lowest BCUT2D eigenvalue weighted by molar-refractivity contribution is -0.140. The molecule has 3 rings (SSSR count). The van der Waals surface area contributed by atoms with Crippen LogP contribution in [0.2, 0.25) is 0 Å². The Labute approximate surface area is 195 Å². The number of hydrogen-bond acceptors (Lipinski definition) is 3. The third kappa shape index (κ3) is 6.85. The molecule has 1 spiro atoms. The van der Waals surface area contributed by atoms with Crippen molar-refractivity contribution in [3.8, 4) is 0 Å². The second kappa shape index (κ2) is 11.9. The molecule has 182 valence electrons. The number of carbonyl (C=O) groups excluding carboxylic acids is 2. The number of aliphatic imine (C=N–C) groups is 1. The van der Waals surface area contributed by atoms with Crippen LogP contribution in [0.3, 0.4) is 0 Å². The number of amides is 2. The Balaban J connectivity index is 1.25. The van der Waals surface area contributed by atoms with Crippen molar-refractivity contribution in [2.24, 2.45) is 16.3 Å². The number of likely N-dealkylation sites (tertiary alicyclic amines) is 1. The maximum atomic E-state index is 12.5. The Morgan fingerprint density at radius 2 is 1.53 bits per heavy atom. The number of carbonyl (C=O) groups is 2. The van der Waals surface area contributed by atoms with Gasteiger partial charge in [-0.15, -0.1) is 0 Å². The highest BCUT2D eigenvalue weighted by molar-refractivity contribution is 5.80. The molecule has 1 saturated carbocycles. The van der Waals surface area contributed by atoms with E-state index in [0.29, 0.717) is 50.4 Å². The van der Waals surface area contributed by atoms with Gasteiger partial charge in [0, 0.05) is 65.7 Å². The molecule has 0 radical (unpaired) electrons. The molecule has 7 heteroatoms. The van der Waals surface area contributed by atoms with Gasteiger partial charge in [-0.3, -0.25) is 14.6 Å². The molecular formula is C25H45N5O2. The molecule has 2 heterocycles. The summed E-state index contributed by atoms with van der Waals surface area (Å²) in [7, 11) is 1.89. The fourth-order valence-electron chi connectivity index (χ4n) is 5.60. The summed E-state index contributed by atoms with van der Waals surface area (Å²) in [6, 6.07) is 0. The molecule has 1 aliphatic carbocycles. The van der Waals surface area contributed by atoms with E-state index in [4.69, 9.17) is 0 Å². The van der Waals surface area contributed by atoms with Gasteiger partial charge < -0.3 is 20.0 Å². The van der Waals surface area contributed by atoms with E-state index in [1.54, 1.807) is 0 Å². The van der Waals surface area contributed by atoms with Crippen molar-refractivity contribution in [3.05, 3.63) is 0 Å². The lowest BCUT2D eigenvalue weighted by Gasteiger charge is -2.35. The van der Waals surface area contributed by atoms with Gasteiger partial charge >= 0.3 is 0 Å². The summed E-state index contributed by atoms with van der Waals surface area (Å²) in [6.45, 7) is 10.1. The van der Waals surface area contributed by atoms with E-state index in [0.717, 1.165) is 44.9 Å². The highest BCUT2D eigenvalue weighted by Gasteiger charge is 2.41. The summed E-state index contributed by atoms with van der Waals surface area (Å²) >= 11 is 0. The van der Waals surface area contributed by atoms with Crippen LogP contribution in [0.15, 0.2) is 4.99 Å². The van der Waals surface area contributed by atoms with Crippen molar-refractivity contribution < 1.29 is 9.59 Å². The van der Waals surface area contributed by atoms with E-state index in [-0.39, 0.29) is 11.8 Å². The summed E-state index contributed by atoms with van der Waals surface area (Å²) < 4.78 is 0. The van der Waals surface area contributed by atoms with Crippen LogP contribution < -0.4 is 5.32 Å². The molecule has 0 aromatic carbocycles. The van der Waals surface area contributed by atoms with Crippen LogP contribution in [0, 0.1) is 11.3 Å². The number of guanidine groups is 1. The van der Waals surface area contributed by atoms with Crippen LogP contribution in [0.25, 0.3) is 0 Å². The summed E-state index contributed by atoms with van der Waals surface area (Å²) in [5.74, 6) is 1.90. The molecule has 2 saturated heterocycles. The summed E-state index contributed by atoms with van der Waals surface area (Å²) in [4.78, 5) is 35.5. The molecule has 3 fully saturated rings. The first kappa shape index (κ1) is 24.8. The zero-order valence-corrected chi connectivity index (χ0v) is 20.7. The molecule has 2 amide bonds. The van der Waals surface area contributed by atoms with Crippen LogP contribution in [0.1, 0.15) is 78.1 Å². The number of rotatable bonds is 8. The van der Waals surface area contributed by atoms with Crippen molar-refractivity contribution in [2.75, 3.05) is 52.9 Å². The molecule has 0 unspecified atom stereocenters. The predicted octanol–water partition coefficient (Wildman–Crippen LogP) is 3.11. The Kier molecular flexibility index (Phi) is 9.23. The summed E-state index contributed by atoms with van der Waals surface area (Å²) in [5, 5.41) is 3.54. The first-order valence-electron chi connectivity index (χ1n) is 12.9. The number of nitrogens with zero attached hydrogens (tertiary/aromatic N) is 4. The number of hydrogen-bond donors (Lipinski definition) is 1. The molecule has 32 heavy (non-hydrogen) atoms. The average Bonchev–Trinajstić information content (AvgIpc) is 3.42. The van der Waals surface area contributed by atoms with Gasteiger partial charge in [0.05, 0.1) is 0 Å². The van der Waals surface area contributed by atoms with Gasteiger partial charge in [0.15, 0.2) is 5.96 Å². The van der Waals surface area contributed by atoms with Crippen LogP contribution >= 0.6 is 0 Å². The van der Waals surface area contributed by atoms with Gasteiger partial charge in [-0.05, 0) is 43.4 Å². The maximum Gasteiger partial charge on any atom is 0.222 e. The Morgan fingerprint density at radius 3 is 2.16 bits per heavy atom. The normalized spacial score (nSPS) is 21.1. The summed E-state index contributed by atoms with van der Waals surface area (Å²) in [6.07, 6.45) is 11.1. The highest BCUT2D eigenvalue weighted by Crippen LogP contribution is 2.45. The second-order valence-electron chi connectivity index (χ2n) is 10.5. The van der Waals surface area contributed by atoms with E-state index in [1.165, 1.54) is 32.1 Å². The van der Waals surface area contributed by atoms with Crippen LogP contribution in [-0.4, -0.2) is 85.3 Å². The van der Waals surface area contributed by atoms with E-state index in [9.17, 15) is 9.59 Å². The van der Waals surface area contributed by atoms with Crippen LogP contribution in [0.4, 0.5) is 0 Å². The molecule has 1 N–H and O–H groups in total. The fraction of sp³-hybridized carbons (Fsp3) is 0.880. The third-order valence-corrected chi connectivity index (χ3v) is 7.53. The maximum absolute atomic E-state index is 12.5. The first-order valence-corrected chi connectivity index (χ1v) is 12.9. The van der Waals surface area contributed by atoms with Crippen molar-refractivity contribution in [1.29, 1.82) is 0 Å². The number of piperazine rings is 1. The predicted molar refractivity (Wildman–Crippen MR) is 130 cm³/mol. The standard InChI is InChI=1S/C25H45N5O2/c1-21(2)19-23(32)29-17-15-28(16-18-29)22(31)9-5-4-8-13-27-24(26-3)30-14-12-25(20-30)10-6-7-11-25/h21H,4-20H2,1-3H3,(H,26,27). The highest BCUT2D eigenvalue weighted by atomic mass is 16.2. The number of unbranched alkanes of at least 4 members (excludes halogenated alkanes) is 2. The Morgan fingerprint density at radius 1 is 0.875 bits per heavy atom. The van der Waals surface area contributed by atoms with Gasteiger partial charge in [-0.25, -0.2) is 0 Å². The van der Waals surface area contributed by atoms with Crippen molar-refractivity contribution in [3.63, 3.8) is 0 Å². The molecule has 3 aliphatic rings. The van der Waals surface area contributed by atoms with Crippen LogP contribution in [0.5, 0.6) is 0 Å². The van der Waals surface area contributed by atoms with Gasteiger partial charge in [0.2, 0.25) is 11.8 Å². The number of nitrogens with one attached hydrogen (secondary N) is 1. The zero-order valence-electron chi connectivity index (χ0n) is 20.7. The average molecular weight is 448 g/mol. The van der Waals surface area contributed by atoms with E-state index in [2.05, 4.69) is 29.1 Å². The minimum atomic E-state index is 0.224. The summed E-state index contributed by atoms with van der Waals surface area (Å²) in [5.41, 5.74) is 0.561. The minimum absolute atomic E-state index is 0.224.